The quantitative estimate of drug-likeness (QED) is 0.476. The lowest BCUT2D eigenvalue weighted by Gasteiger charge is -2.11. The number of nitro groups is 1. The van der Waals surface area contributed by atoms with E-state index in [-0.39, 0.29) is 23.4 Å². The molecule has 8 heteroatoms. The van der Waals surface area contributed by atoms with Crippen LogP contribution in [0.25, 0.3) is 0 Å². The van der Waals surface area contributed by atoms with Crippen LogP contribution in [0.5, 0.6) is 0 Å². The maximum absolute atomic E-state index is 11.9. The monoisotopic (exact) mass is 356 g/mol. The van der Waals surface area contributed by atoms with Crippen molar-refractivity contribution in [2.45, 2.75) is 17.9 Å². The number of carbonyl (C=O) groups excluding carboxylic acids is 1. The highest BCUT2D eigenvalue weighted by molar-refractivity contribution is 8.00. The second kappa shape index (κ2) is 7.62. The average molecular weight is 357 g/mol. The number of thiophene rings is 1. The van der Waals surface area contributed by atoms with Crippen LogP contribution in [0.2, 0.25) is 4.34 Å². The summed E-state index contributed by atoms with van der Waals surface area (Å²) in [6.45, 7) is 1.90. The van der Waals surface area contributed by atoms with Crippen molar-refractivity contribution in [2.24, 2.45) is 0 Å². The molecule has 0 saturated heterocycles. The van der Waals surface area contributed by atoms with Gasteiger partial charge in [-0.25, -0.2) is 0 Å². The van der Waals surface area contributed by atoms with Gasteiger partial charge in [0.1, 0.15) is 0 Å². The molecule has 1 N–H and O–H groups in total. The molecule has 0 spiro atoms. The zero-order valence-electron chi connectivity index (χ0n) is 11.6. The van der Waals surface area contributed by atoms with Crippen molar-refractivity contribution < 1.29 is 9.72 Å². The van der Waals surface area contributed by atoms with Crippen LogP contribution in [-0.2, 0) is 4.79 Å². The maximum Gasteiger partial charge on any atom is 0.269 e. The van der Waals surface area contributed by atoms with Gasteiger partial charge >= 0.3 is 0 Å². The van der Waals surface area contributed by atoms with Crippen molar-refractivity contribution in [1.82, 2.24) is 5.32 Å². The van der Waals surface area contributed by atoms with Crippen LogP contribution in [-0.4, -0.2) is 16.6 Å². The minimum Gasteiger partial charge on any atom is -0.348 e. The van der Waals surface area contributed by atoms with E-state index >= 15 is 0 Å². The minimum absolute atomic E-state index is 0.0389. The third-order valence-corrected chi connectivity index (χ3v) is 5.24. The van der Waals surface area contributed by atoms with E-state index in [0.717, 1.165) is 9.77 Å². The van der Waals surface area contributed by atoms with Crippen molar-refractivity contribution in [1.29, 1.82) is 0 Å². The van der Waals surface area contributed by atoms with E-state index in [1.54, 1.807) is 18.2 Å². The highest BCUT2D eigenvalue weighted by Gasteiger charge is 2.12. The summed E-state index contributed by atoms with van der Waals surface area (Å²) in [6.07, 6.45) is 0. The highest BCUT2D eigenvalue weighted by Crippen LogP contribution is 2.27. The summed E-state index contributed by atoms with van der Waals surface area (Å²) in [5, 5.41) is 13.5. The number of nitro benzene ring substituents is 1. The van der Waals surface area contributed by atoms with Crippen molar-refractivity contribution in [3.63, 3.8) is 0 Å². The lowest BCUT2D eigenvalue weighted by atomic mass is 10.3. The standard InChI is InChI=1S/C14H13ClN2O3S2/c1-9(12-6-7-13(15)22-12)16-14(18)8-21-11-4-2-10(3-5-11)17(19)20/h2-7,9H,8H2,1H3,(H,16,18)/t9-/m1/s1. The molecule has 22 heavy (non-hydrogen) atoms. The van der Waals surface area contributed by atoms with Gasteiger partial charge in [-0.15, -0.1) is 23.1 Å². The van der Waals surface area contributed by atoms with Gasteiger partial charge in [-0.1, -0.05) is 11.6 Å². The number of non-ortho nitro benzene ring substituents is 1. The van der Waals surface area contributed by atoms with E-state index in [1.165, 1.54) is 35.2 Å². The Kier molecular flexibility index (Phi) is 5.82. The van der Waals surface area contributed by atoms with Gasteiger partial charge < -0.3 is 5.32 Å². The molecular weight excluding hydrogens is 344 g/mol. The van der Waals surface area contributed by atoms with Crippen LogP contribution < -0.4 is 5.32 Å². The second-order valence-corrected chi connectivity index (χ2v) is 7.27. The smallest absolute Gasteiger partial charge is 0.269 e. The summed E-state index contributed by atoms with van der Waals surface area (Å²) in [7, 11) is 0. The van der Waals surface area contributed by atoms with Gasteiger partial charge in [-0.2, -0.15) is 0 Å². The molecule has 0 radical (unpaired) electrons. The fourth-order valence-corrected chi connectivity index (χ4v) is 3.50. The summed E-state index contributed by atoms with van der Waals surface area (Å²) in [6, 6.07) is 9.73. The number of rotatable bonds is 6. The largest absolute Gasteiger partial charge is 0.348 e. The number of nitrogens with zero attached hydrogens (tertiary/aromatic N) is 1. The van der Waals surface area contributed by atoms with Gasteiger partial charge in [-0.05, 0) is 31.2 Å². The van der Waals surface area contributed by atoms with Gasteiger partial charge in [-0.3, -0.25) is 14.9 Å². The third kappa shape index (κ3) is 4.72. The maximum atomic E-state index is 11.9. The molecule has 1 aromatic heterocycles. The fourth-order valence-electron chi connectivity index (χ4n) is 1.73. The predicted octanol–water partition coefficient (Wildman–Crippen LogP) is 4.28. The first-order valence-electron chi connectivity index (χ1n) is 6.37. The van der Waals surface area contributed by atoms with Crippen molar-refractivity contribution in [2.75, 3.05) is 5.75 Å². The minimum atomic E-state index is -0.449. The Morgan fingerprint density at radius 1 is 1.36 bits per heavy atom. The average Bonchev–Trinajstić information content (AvgIpc) is 2.92. The van der Waals surface area contributed by atoms with Gasteiger partial charge in [0.15, 0.2) is 0 Å². The van der Waals surface area contributed by atoms with Gasteiger partial charge in [0.25, 0.3) is 5.69 Å². The van der Waals surface area contributed by atoms with E-state index in [9.17, 15) is 14.9 Å². The van der Waals surface area contributed by atoms with Crippen LogP contribution in [0.1, 0.15) is 17.8 Å². The van der Waals surface area contributed by atoms with Gasteiger partial charge in [0, 0.05) is 21.9 Å². The van der Waals surface area contributed by atoms with Crippen LogP contribution in [0.15, 0.2) is 41.3 Å². The SMILES string of the molecule is C[C@@H](NC(=O)CSc1ccc([N+](=O)[O-])cc1)c1ccc(Cl)s1. The molecular formula is C14H13ClN2O3S2. The summed E-state index contributed by atoms with van der Waals surface area (Å²) in [5.41, 5.74) is 0.0389. The summed E-state index contributed by atoms with van der Waals surface area (Å²) in [4.78, 5) is 23.8. The van der Waals surface area contributed by atoms with E-state index in [2.05, 4.69) is 5.32 Å². The molecule has 1 atom stereocenters. The lowest BCUT2D eigenvalue weighted by molar-refractivity contribution is -0.384. The molecule has 2 aromatic rings. The Morgan fingerprint density at radius 2 is 2.05 bits per heavy atom. The Morgan fingerprint density at radius 3 is 2.59 bits per heavy atom. The number of nitrogens with one attached hydrogen (secondary N) is 1. The third-order valence-electron chi connectivity index (χ3n) is 2.82. The molecule has 5 nitrogen and oxygen atoms in total. The van der Waals surface area contributed by atoms with E-state index < -0.39 is 4.92 Å². The van der Waals surface area contributed by atoms with E-state index in [0.29, 0.717) is 4.34 Å². The first-order valence-corrected chi connectivity index (χ1v) is 8.55. The Labute approximate surface area is 140 Å². The molecule has 1 amide bonds. The second-order valence-electron chi connectivity index (χ2n) is 4.47. The first-order chi connectivity index (χ1) is 10.5. The van der Waals surface area contributed by atoms with E-state index in [4.69, 9.17) is 11.6 Å². The lowest BCUT2D eigenvalue weighted by Crippen LogP contribution is -2.27. The summed E-state index contributed by atoms with van der Waals surface area (Å²) in [5.74, 6) is 0.154. The molecule has 0 aliphatic rings. The van der Waals surface area contributed by atoms with Crippen molar-refractivity contribution in [3.8, 4) is 0 Å². The zero-order chi connectivity index (χ0) is 16.1. The van der Waals surface area contributed by atoms with Crippen LogP contribution in [0, 0.1) is 10.1 Å². The molecule has 1 aromatic carbocycles. The van der Waals surface area contributed by atoms with Gasteiger partial charge in [0.05, 0.1) is 21.1 Å². The number of benzene rings is 1. The fraction of sp³-hybridized carbons (Fsp3) is 0.214. The number of hydrogen-bond donors (Lipinski definition) is 1. The van der Waals surface area contributed by atoms with Crippen LogP contribution in [0.3, 0.4) is 0 Å². The van der Waals surface area contributed by atoms with Crippen LogP contribution >= 0.6 is 34.7 Å². The van der Waals surface area contributed by atoms with Crippen molar-refractivity contribution in [3.05, 3.63) is 55.7 Å². The van der Waals surface area contributed by atoms with Crippen LogP contribution in [0.4, 0.5) is 5.69 Å². The number of hydrogen-bond acceptors (Lipinski definition) is 5. The highest BCUT2D eigenvalue weighted by atomic mass is 35.5. The first kappa shape index (κ1) is 16.8. The zero-order valence-corrected chi connectivity index (χ0v) is 14.0. The Bertz CT molecular complexity index is 673. The number of amides is 1. The molecule has 0 saturated carbocycles. The predicted molar refractivity (Wildman–Crippen MR) is 89.7 cm³/mol. The molecule has 116 valence electrons. The molecule has 0 bridgehead atoms. The molecule has 0 fully saturated rings. The van der Waals surface area contributed by atoms with Gasteiger partial charge in [0.2, 0.25) is 5.91 Å². The molecule has 0 unspecified atom stereocenters. The molecule has 1 heterocycles. The van der Waals surface area contributed by atoms with E-state index in [1.807, 2.05) is 13.0 Å². The molecule has 0 aliphatic heterocycles. The Balaban J connectivity index is 1.83. The summed E-state index contributed by atoms with van der Waals surface area (Å²) >= 11 is 8.64. The normalized spacial score (nSPS) is 11.9. The number of carbonyl (C=O) groups is 1. The Hall–Kier alpha value is -1.57. The number of halogens is 1. The topological polar surface area (TPSA) is 72.2 Å². The van der Waals surface area contributed by atoms with Crippen molar-refractivity contribution >= 4 is 46.3 Å². The summed E-state index contributed by atoms with van der Waals surface area (Å²) < 4.78 is 0.691. The number of thioether (sulfide) groups is 1. The molecule has 2 rings (SSSR count). The molecule has 0 aliphatic carbocycles.